The monoisotopic (exact) mass is 394 g/mol. The van der Waals surface area contributed by atoms with Crippen LogP contribution in [-0.2, 0) is 15.6 Å². The first-order valence-corrected chi connectivity index (χ1v) is 10.2. The molecule has 2 aromatic rings. The molecule has 0 radical (unpaired) electrons. The molecule has 0 fully saturated rings. The van der Waals surface area contributed by atoms with Gasteiger partial charge in [-0.3, -0.25) is 0 Å². The third kappa shape index (κ3) is 5.74. The molecule has 0 spiro atoms. The Kier molecular flexibility index (Phi) is 8.10. The van der Waals surface area contributed by atoms with Gasteiger partial charge in [-0.1, -0.05) is 65.1 Å². The van der Waals surface area contributed by atoms with E-state index in [0.29, 0.717) is 13.2 Å². The van der Waals surface area contributed by atoms with Crippen molar-refractivity contribution in [2.75, 3.05) is 13.2 Å². The van der Waals surface area contributed by atoms with Crippen LogP contribution in [0.5, 0.6) is 11.5 Å². The molecule has 0 aliphatic heterocycles. The van der Waals surface area contributed by atoms with Crippen molar-refractivity contribution < 1.29 is 14.2 Å². The van der Waals surface area contributed by atoms with Gasteiger partial charge in [0.25, 0.3) is 0 Å². The molecule has 0 saturated heterocycles. The SMILES string of the molecule is C=COc1ccc(C(C)(CC)COCC(C)(CC)c2ccc(OC=C)cc2)cc1. The van der Waals surface area contributed by atoms with Gasteiger partial charge in [0.15, 0.2) is 0 Å². The van der Waals surface area contributed by atoms with E-state index >= 15 is 0 Å². The zero-order chi connectivity index (χ0) is 21.3. The third-order valence-electron chi connectivity index (χ3n) is 5.94. The van der Waals surface area contributed by atoms with E-state index in [1.54, 1.807) is 0 Å². The zero-order valence-electron chi connectivity index (χ0n) is 18.2. The lowest BCUT2D eigenvalue weighted by atomic mass is 9.79. The first-order valence-electron chi connectivity index (χ1n) is 10.2. The molecule has 29 heavy (non-hydrogen) atoms. The quantitative estimate of drug-likeness (QED) is 0.371. The van der Waals surface area contributed by atoms with Crippen LogP contribution in [0.2, 0.25) is 0 Å². The fourth-order valence-corrected chi connectivity index (χ4v) is 3.34. The molecule has 0 aliphatic carbocycles. The van der Waals surface area contributed by atoms with Crippen molar-refractivity contribution in [3.63, 3.8) is 0 Å². The van der Waals surface area contributed by atoms with E-state index in [1.807, 2.05) is 24.3 Å². The standard InChI is InChI=1S/C26H34O3/c1-7-25(5,21-11-15-23(16-12-21)28-9-3)19-27-20-26(6,8-2)22-13-17-24(18-14-22)29-10-4/h9-18H,3-4,7-8,19-20H2,1-2,5-6H3. The van der Waals surface area contributed by atoms with Crippen LogP contribution in [0.3, 0.4) is 0 Å². The molecule has 2 aromatic carbocycles. The molecule has 0 saturated carbocycles. The largest absolute Gasteiger partial charge is 0.466 e. The van der Waals surface area contributed by atoms with Crippen LogP contribution in [0.1, 0.15) is 51.7 Å². The predicted octanol–water partition coefficient (Wildman–Crippen LogP) is 6.78. The van der Waals surface area contributed by atoms with Gasteiger partial charge < -0.3 is 14.2 Å². The highest BCUT2D eigenvalue weighted by Gasteiger charge is 2.29. The summed E-state index contributed by atoms with van der Waals surface area (Å²) in [6.45, 7) is 17.4. The maximum Gasteiger partial charge on any atom is 0.126 e. The summed E-state index contributed by atoms with van der Waals surface area (Å²) in [5, 5.41) is 0. The second kappa shape index (κ2) is 10.3. The molecule has 0 aromatic heterocycles. The molecular weight excluding hydrogens is 360 g/mol. The van der Waals surface area contributed by atoms with Crippen LogP contribution >= 0.6 is 0 Å². The zero-order valence-corrected chi connectivity index (χ0v) is 18.2. The van der Waals surface area contributed by atoms with Crippen LogP contribution in [0, 0.1) is 0 Å². The van der Waals surface area contributed by atoms with E-state index in [2.05, 4.69) is 65.1 Å². The van der Waals surface area contributed by atoms with Gasteiger partial charge in [-0.2, -0.15) is 0 Å². The Morgan fingerprint density at radius 1 is 0.690 bits per heavy atom. The van der Waals surface area contributed by atoms with Gasteiger partial charge in [-0.25, -0.2) is 0 Å². The number of hydrogen-bond donors (Lipinski definition) is 0. The molecule has 0 amide bonds. The molecule has 2 unspecified atom stereocenters. The Morgan fingerprint density at radius 3 is 1.31 bits per heavy atom. The third-order valence-corrected chi connectivity index (χ3v) is 5.94. The number of hydrogen-bond acceptors (Lipinski definition) is 3. The van der Waals surface area contributed by atoms with Gasteiger partial charge in [-0.05, 0) is 48.2 Å². The average molecular weight is 395 g/mol. The van der Waals surface area contributed by atoms with Crippen LogP contribution in [-0.4, -0.2) is 13.2 Å². The average Bonchev–Trinajstić information content (AvgIpc) is 2.75. The minimum Gasteiger partial charge on any atom is -0.466 e. The molecule has 0 bridgehead atoms. The fourth-order valence-electron chi connectivity index (χ4n) is 3.34. The minimum absolute atomic E-state index is 0.0526. The summed E-state index contributed by atoms with van der Waals surface area (Å²) in [5.74, 6) is 1.59. The van der Waals surface area contributed by atoms with Crippen LogP contribution in [0.4, 0.5) is 0 Å². The smallest absolute Gasteiger partial charge is 0.126 e. The first-order chi connectivity index (χ1) is 13.9. The van der Waals surface area contributed by atoms with Crippen molar-refractivity contribution in [3.05, 3.63) is 85.3 Å². The minimum atomic E-state index is -0.0526. The Balaban J connectivity index is 2.06. The van der Waals surface area contributed by atoms with Gasteiger partial charge in [-0.15, -0.1) is 0 Å². The Bertz CT molecular complexity index is 711. The summed E-state index contributed by atoms with van der Waals surface area (Å²) in [4.78, 5) is 0. The van der Waals surface area contributed by atoms with E-state index in [1.165, 1.54) is 23.7 Å². The number of rotatable bonds is 12. The summed E-state index contributed by atoms with van der Waals surface area (Å²) >= 11 is 0. The van der Waals surface area contributed by atoms with Crippen molar-refractivity contribution in [3.8, 4) is 11.5 Å². The van der Waals surface area contributed by atoms with Gasteiger partial charge in [0, 0.05) is 10.8 Å². The van der Waals surface area contributed by atoms with Gasteiger partial charge >= 0.3 is 0 Å². The number of ether oxygens (including phenoxy) is 3. The number of benzene rings is 2. The molecule has 3 heteroatoms. The van der Waals surface area contributed by atoms with E-state index in [-0.39, 0.29) is 10.8 Å². The van der Waals surface area contributed by atoms with E-state index < -0.39 is 0 Å². The van der Waals surface area contributed by atoms with E-state index in [9.17, 15) is 0 Å². The first kappa shape index (κ1) is 22.8. The maximum absolute atomic E-state index is 6.32. The normalized spacial score (nSPS) is 15.0. The molecular formula is C26H34O3. The summed E-state index contributed by atoms with van der Waals surface area (Å²) < 4.78 is 17.0. The lowest BCUT2D eigenvalue weighted by molar-refractivity contribution is 0.0510. The molecule has 0 aliphatic rings. The Labute approximate surface area is 176 Å². The van der Waals surface area contributed by atoms with Crippen LogP contribution in [0.25, 0.3) is 0 Å². The Morgan fingerprint density at radius 2 is 1.03 bits per heavy atom. The van der Waals surface area contributed by atoms with E-state index in [4.69, 9.17) is 14.2 Å². The molecule has 156 valence electrons. The topological polar surface area (TPSA) is 27.7 Å². The second-order valence-electron chi connectivity index (χ2n) is 7.94. The van der Waals surface area contributed by atoms with Crippen molar-refractivity contribution in [1.29, 1.82) is 0 Å². The van der Waals surface area contributed by atoms with Gasteiger partial charge in [0.1, 0.15) is 11.5 Å². The van der Waals surface area contributed by atoms with Crippen LogP contribution < -0.4 is 9.47 Å². The van der Waals surface area contributed by atoms with Crippen molar-refractivity contribution >= 4 is 0 Å². The lowest BCUT2D eigenvalue weighted by Gasteiger charge is -2.33. The maximum atomic E-state index is 6.32. The highest BCUT2D eigenvalue weighted by Crippen LogP contribution is 2.33. The second-order valence-corrected chi connectivity index (χ2v) is 7.94. The van der Waals surface area contributed by atoms with Crippen molar-refractivity contribution in [1.82, 2.24) is 0 Å². The van der Waals surface area contributed by atoms with Crippen molar-refractivity contribution in [2.24, 2.45) is 0 Å². The summed E-state index contributed by atoms with van der Waals surface area (Å²) in [5.41, 5.74) is 2.40. The van der Waals surface area contributed by atoms with Crippen molar-refractivity contribution in [2.45, 2.75) is 51.4 Å². The molecule has 2 atom stereocenters. The Hall–Kier alpha value is -2.52. The molecule has 0 heterocycles. The van der Waals surface area contributed by atoms with Gasteiger partial charge in [0.2, 0.25) is 0 Å². The highest BCUT2D eigenvalue weighted by atomic mass is 16.5. The molecule has 0 N–H and O–H groups in total. The molecule has 3 nitrogen and oxygen atoms in total. The van der Waals surface area contributed by atoms with E-state index in [0.717, 1.165) is 24.3 Å². The molecule has 2 rings (SSSR count). The van der Waals surface area contributed by atoms with Crippen LogP contribution in [0.15, 0.2) is 74.2 Å². The van der Waals surface area contributed by atoms with Gasteiger partial charge in [0.05, 0.1) is 25.7 Å². The lowest BCUT2D eigenvalue weighted by Crippen LogP contribution is -2.33. The summed E-state index contributed by atoms with van der Waals surface area (Å²) in [7, 11) is 0. The highest BCUT2D eigenvalue weighted by molar-refractivity contribution is 5.33. The summed E-state index contributed by atoms with van der Waals surface area (Å²) in [6.07, 6.45) is 4.87. The predicted molar refractivity (Wildman–Crippen MR) is 121 cm³/mol. The fraction of sp³-hybridized carbons (Fsp3) is 0.385. The summed E-state index contributed by atoms with van der Waals surface area (Å²) in [6, 6.07) is 16.4.